The summed E-state index contributed by atoms with van der Waals surface area (Å²) in [6.45, 7) is 2.87. The molecule has 2 bridgehead atoms. The van der Waals surface area contributed by atoms with Crippen LogP contribution in [0.2, 0.25) is 0 Å². The molecule has 2 fully saturated rings. The van der Waals surface area contributed by atoms with Gasteiger partial charge in [0.25, 0.3) is 5.91 Å². The summed E-state index contributed by atoms with van der Waals surface area (Å²) < 4.78 is 11.0. The fourth-order valence-electron chi connectivity index (χ4n) is 4.91. The number of fused-ring (bicyclic) bond motifs is 2. The van der Waals surface area contributed by atoms with E-state index in [0.717, 1.165) is 47.6 Å². The van der Waals surface area contributed by atoms with E-state index in [-0.39, 0.29) is 11.9 Å². The number of carbonyl (C=O) groups excluding carboxylic acids is 1. The summed E-state index contributed by atoms with van der Waals surface area (Å²) in [6, 6.07) is 15.0. The molecule has 2 aliphatic rings. The quantitative estimate of drug-likeness (QED) is 0.806. The maximum Gasteiger partial charge on any atom is 0.251 e. The first-order valence-corrected chi connectivity index (χ1v) is 10.4. The highest BCUT2D eigenvalue weighted by Crippen LogP contribution is 2.38. The molecule has 2 saturated heterocycles. The van der Waals surface area contributed by atoms with Gasteiger partial charge in [-0.05, 0) is 62.9 Å². The van der Waals surface area contributed by atoms with Gasteiger partial charge in [-0.25, -0.2) is 0 Å². The van der Waals surface area contributed by atoms with Crippen molar-refractivity contribution in [2.24, 2.45) is 0 Å². The summed E-state index contributed by atoms with van der Waals surface area (Å²) in [5.74, 6) is 1.80. The number of amides is 1. The Morgan fingerprint density at radius 1 is 1.07 bits per heavy atom. The monoisotopic (exact) mass is 394 g/mol. The van der Waals surface area contributed by atoms with Crippen LogP contribution in [0, 0.1) is 6.92 Å². The van der Waals surface area contributed by atoms with E-state index in [1.807, 2.05) is 43.3 Å². The number of carbonyl (C=O) groups is 1. The Kier molecular flexibility index (Phi) is 5.76. The lowest BCUT2D eigenvalue weighted by molar-refractivity contribution is 0.0825. The molecule has 2 aromatic rings. The van der Waals surface area contributed by atoms with Gasteiger partial charge >= 0.3 is 0 Å². The molecule has 2 aliphatic heterocycles. The number of nitrogens with one attached hydrogen (secondary N) is 1. The number of piperidine rings is 1. The van der Waals surface area contributed by atoms with Gasteiger partial charge in [-0.2, -0.15) is 0 Å². The van der Waals surface area contributed by atoms with Crippen LogP contribution in [-0.2, 0) is 6.54 Å². The van der Waals surface area contributed by atoms with Crippen LogP contribution in [0.5, 0.6) is 11.5 Å². The Hall–Kier alpha value is -2.53. The highest BCUT2D eigenvalue weighted by atomic mass is 16.5. The summed E-state index contributed by atoms with van der Waals surface area (Å²) in [4.78, 5) is 15.3. The van der Waals surface area contributed by atoms with E-state index >= 15 is 0 Å². The molecule has 1 N–H and O–H groups in total. The summed E-state index contributed by atoms with van der Waals surface area (Å²) in [7, 11) is 3.41. The lowest BCUT2D eigenvalue weighted by atomic mass is 9.96. The van der Waals surface area contributed by atoms with Crippen LogP contribution < -0.4 is 14.8 Å². The molecular formula is C24H30N2O3. The van der Waals surface area contributed by atoms with E-state index in [9.17, 15) is 4.79 Å². The van der Waals surface area contributed by atoms with Crippen molar-refractivity contribution in [3.8, 4) is 11.5 Å². The van der Waals surface area contributed by atoms with Crippen molar-refractivity contribution in [1.29, 1.82) is 0 Å². The second-order valence-corrected chi connectivity index (χ2v) is 8.25. The minimum absolute atomic E-state index is 0.0426. The molecule has 2 aromatic carbocycles. The normalized spacial score (nSPS) is 23.6. The molecule has 0 saturated carbocycles. The highest BCUT2D eigenvalue weighted by Gasteiger charge is 2.41. The van der Waals surface area contributed by atoms with Crippen LogP contribution in [0.4, 0.5) is 0 Å². The van der Waals surface area contributed by atoms with Gasteiger partial charge in [-0.15, -0.1) is 0 Å². The molecule has 0 aliphatic carbocycles. The Labute approximate surface area is 173 Å². The number of methoxy groups -OCH3 is 2. The number of nitrogens with zero attached hydrogens (tertiary/aromatic N) is 1. The number of hydrogen-bond donors (Lipinski definition) is 1. The zero-order chi connectivity index (χ0) is 20.4. The van der Waals surface area contributed by atoms with Crippen LogP contribution in [-0.4, -0.2) is 43.2 Å². The van der Waals surface area contributed by atoms with Crippen molar-refractivity contribution in [3.63, 3.8) is 0 Å². The smallest absolute Gasteiger partial charge is 0.251 e. The van der Waals surface area contributed by atoms with Crippen LogP contribution >= 0.6 is 0 Å². The van der Waals surface area contributed by atoms with Crippen LogP contribution in [0.15, 0.2) is 42.5 Å². The first-order valence-electron chi connectivity index (χ1n) is 10.4. The second-order valence-electron chi connectivity index (χ2n) is 8.25. The predicted octanol–water partition coefficient (Wildman–Crippen LogP) is 3.94. The molecule has 0 radical (unpaired) electrons. The molecule has 2 heterocycles. The van der Waals surface area contributed by atoms with Crippen LogP contribution in [0.25, 0.3) is 0 Å². The van der Waals surface area contributed by atoms with E-state index in [1.54, 1.807) is 14.2 Å². The second kappa shape index (κ2) is 8.46. The number of hydrogen-bond acceptors (Lipinski definition) is 4. The minimum Gasteiger partial charge on any atom is -0.497 e. The molecule has 2 unspecified atom stereocenters. The minimum atomic E-state index is 0.0426. The number of ether oxygens (including phenoxy) is 2. The van der Waals surface area contributed by atoms with Crippen LogP contribution in [0.3, 0.4) is 0 Å². The summed E-state index contributed by atoms with van der Waals surface area (Å²) in [5, 5.41) is 3.28. The Morgan fingerprint density at radius 3 is 2.48 bits per heavy atom. The number of rotatable bonds is 6. The molecule has 5 heteroatoms. The number of aryl methyl sites for hydroxylation is 1. The van der Waals surface area contributed by atoms with Gasteiger partial charge in [0, 0.05) is 35.8 Å². The summed E-state index contributed by atoms with van der Waals surface area (Å²) in [5.41, 5.74) is 3.02. The third kappa shape index (κ3) is 4.25. The molecule has 0 aromatic heterocycles. The number of benzene rings is 2. The molecule has 0 spiro atoms. The topological polar surface area (TPSA) is 50.8 Å². The molecule has 4 rings (SSSR count). The summed E-state index contributed by atoms with van der Waals surface area (Å²) >= 11 is 0. The standard InChI is InChI=1S/C24H30N2O3/c1-16-5-4-6-17(11-16)24(27)25-19-13-20-7-8-21(14-19)26(20)15-18-12-22(28-2)9-10-23(18)29-3/h4-6,9-12,19-21H,7-8,13-15H2,1-3H3,(H,25,27). The SMILES string of the molecule is COc1ccc(OC)c(CN2C3CCC2CC(NC(=O)c2cccc(C)c2)C3)c1. The summed E-state index contributed by atoms with van der Waals surface area (Å²) in [6.07, 6.45) is 4.38. The van der Waals surface area contributed by atoms with Gasteiger partial charge in [-0.3, -0.25) is 9.69 Å². The van der Waals surface area contributed by atoms with Crippen molar-refractivity contribution < 1.29 is 14.3 Å². The third-order valence-corrected chi connectivity index (χ3v) is 6.34. The van der Waals surface area contributed by atoms with E-state index < -0.39 is 0 Å². The molecule has 2 atom stereocenters. The van der Waals surface area contributed by atoms with E-state index in [1.165, 1.54) is 12.8 Å². The Balaban J connectivity index is 1.43. The Bertz CT molecular complexity index is 868. The molecule has 154 valence electrons. The highest BCUT2D eigenvalue weighted by molar-refractivity contribution is 5.94. The van der Waals surface area contributed by atoms with Crippen molar-refractivity contribution >= 4 is 5.91 Å². The first kappa shape index (κ1) is 19.8. The van der Waals surface area contributed by atoms with Crippen molar-refractivity contribution in [3.05, 3.63) is 59.2 Å². The maximum atomic E-state index is 12.7. The first-order chi connectivity index (χ1) is 14.1. The van der Waals surface area contributed by atoms with Gasteiger partial charge < -0.3 is 14.8 Å². The van der Waals surface area contributed by atoms with Gasteiger partial charge in [-0.1, -0.05) is 17.7 Å². The predicted molar refractivity (Wildman–Crippen MR) is 114 cm³/mol. The fraction of sp³-hybridized carbons (Fsp3) is 0.458. The van der Waals surface area contributed by atoms with Crippen molar-refractivity contribution in [2.75, 3.05) is 14.2 Å². The maximum absolute atomic E-state index is 12.7. The average Bonchev–Trinajstić information content (AvgIpc) is 2.95. The van der Waals surface area contributed by atoms with E-state index in [2.05, 4.69) is 16.3 Å². The van der Waals surface area contributed by atoms with Crippen LogP contribution in [0.1, 0.15) is 47.2 Å². The third-order valence-electron chi connectivity index (χ3n) is 6.34. The molecular weight excluding hydrogens is 364 g/mol. The largest absolute Gasteiger partial charge is 0.497 e. The van der Waals surface area contributed by atoms with E-state index in [4.69, 9.17) is 9.47 Å². The lowest BCUT2D eigenvalue weighted by Gasteiger charge is -2.39. The lowest BCUT2D eigenvalue weighted by Crippen LogP contribution is -2.50. The Morgan fingerprint density at radius 2 is 1.83 bits per heavy atom. The van der Waals surface area contributed by atoms with Gasteiger partial charge in [0.05, 0.1) is 14.2 Å². The zero-order valence-electron chi connectivity index (χ0n) is 17.5. The average molecular weight is 395 g/mol. The van der Waals surface area contributed by atoms with Crippen molar-refractivity contribution in [2.45, 2.75) is 57.3 Å². The van der Waals surface area contributed by atoms with Crippen molar-refractivity contribution in [1.82, 2.24) is 10.2 Å². The van der Waals surface area contributed by atoms with Gasteiger partial charge in [0.2, 0.25) is 0 Å². The van der Waals surface area contributed by atoms with E-state index in [0.29, 0.717) is 12.1 Å². The molecule has 5 nitrogen and oxygen atoms in total. The molecule has 1 amide bonds. The van der Waals surface area contributed by atoms with Gasteiger partial charge in [0.15, 0.2) is 0 Å². The fourth-order valence-corrected chi connectivity index (χ4v) is 4.91. The molecule has 29 heavy (non-hydrogen) atoms. The van der Waals surface area contributed by atoms with Gasteiger partial charge in [0.1, 0.15) is 11.5 Å². The zero-order valence-corrected chi connectivity index (χ0v) is 17.5.